The molecule has 0 radical (unpaired) electrons. The molecule has 0 heterocycles. The molecule has 2 atom stereocenters. The summed E-state index contributed by atoms with van der Waals surface area (Å²) in [6.45, 7) is 2.81. The average molecular weight is 270 g/mol. The van der Waals surface area contributed by atoms with Gasteiger partial charge in [0.1, 0.15) is 0 Å². The molecule has 0 spiro atoms. The topological polar surface area (TPSA) is 78.4 Å². The molecule has 1 aliphatic carbocycles. The smallest absolute Gasteiger partial charge is 0.315 e. The summed E-state index contributed by atoms with van der Waals surface area (Å²) < 4.78 is 0. The number of hydrogen-bond acceptors (Lipinski definition) is 2. The molecule has 1 aliphatic rings. The number of carboxylic acids is 1. The van der Waals surface area contributed by atoms with E-state index in [-0.39, 0.29) is 12.5 Å². The quantitative estimate of drug-likeness (QED) is 0.622. The highest BCUT2D eigenvalue weighted by Gasteiger charge is 2.22. The van der Waals surface area contributed by atoms with E-state index >= 15 is 0 Å². The van der Waals surface area contributed by atoms with Crippen molar-refractivity contribution >= 4 is 12.0 Å². The van der Waals surface area contributed by atoms with Crippen LogP contribution in [-0.4, -0.2) is 29.7 Å². The van der Waals surface area contributed by atoms with Crippen LogP contribution < -0.4 is 10.6 Å². The zero-order valence-corrected chi connectivity index (χ0v) is 11.8. The highest BCUT2D eigenvalue weighted by atomic mass is 16.4. The number of unbranched alkanes of at least 4 members (excludes halogenated alkanes) is 2. The zero-order valence-electron chi connectivity index (χ0n) is 11.8. The third kappa shape index (κ3) is 7.03. The Morgan fingerprint density at radius 3 is 2.58 bits per heavy atom. The maximum Gasteiger partial charge on any atom is 0.315 e. The van der Waals surface area contributed by atoms with Crippen LogP contribution in [0.15, 0.2) is 0 Å². The van der Waals surface area contributed by atoms with E-state index in [1.807, 2.05) is 0 Å². The lowest BCUT2D eigenvalue weighted by atomic mass is 9.86. The van der Waals surface area contributed by atoms with E-state index < -0.39 is 5.97 Å². The van der Waals surface area contributed by atoms with Crippen LogP contribution in [0.4, 0.5) is 4.79 Å². The molecule has 1 fully saturated rings. The fourth-order valence-electron chi connectivity index (χ4n) is 2.53. The minimum absolute atomic E-state index is 0.0861. The second-order valence-electron chi connectivity index (χ2n) is 5.47. The number of aliphatic carboxylic acids is 1. The number of hydrogen-bond donors (Lipinski definition) is 3. The van der Waals surface area contributed by atoms with Gasteiger partial charge >= 0.3 is 12.0 Å². The van der Waals surface area contributed by atoms with Gasteiger partial charge in [-0.05, 0) is 31.6 Å². The molecule has 110 valence electrons. The summed E-state index contributed by atoms with van der Waals surface area (Å²) in [5.74, 6) is -0.188. The predicted molar refractivity (Wildman–Crippen MR) is 74.1 cm³/mol. The fraction of sp³-hybridized carbons (Fsp3) is 0.857. The van der Waals surface area contributed by atoms with Gasteiger partial charge in [0.25, 0.3) is 0 Å². The summed E-state index contributed by atoms with van der Waals surface area (Å²) in [4.78, 5) is 22.0. The van der Waals surface area contributed by atoms with E-state index in [2.05, 4.69) is 17.6 Å². The van der Waals surface area contributed by atoms with E-state index in [0.29, 0.717) is 24.9 Å². The minimum atomic E-state index is -0.753. The van der Waals surface area contributed by atoms with Crippen LogP contribution >= 0.6 is 0 Å². The Balaban J connectivity index is 2.02. The van der Waals surface area contributed by atoms with E-state index in [1.165, 1.54) is 19.3 Å². The lowest BCUT2D eigenvalue weighted by molar-refractivity contribution is -0.137. The average Bonchev–Trinajstić information content (AvgIpc) is 2.36. The SMILES string of the molecule is CC1CCCCC1NC(=O)NCCCCCC(=O)O. The summed E-state index contributed by atoms with van der Waals surface area (Å²) in [7, 11) is 0. The molecule has 0 aliphatic heterocycles. The number of carbonyl (C=O) groups is 2. The number of urea groups is 1. The maximum atomic E-state index is 11.7. The fourth-order valence-corrected chi connectivity index (χ4v) is 2.53. The van der Waals surface area contributed by atoms with Gasteiger partial charge in [-0.2, -0.15) is 0 Å². The number of nitrogens with one attached hydrogen (secondary N) is 2. The molecule has 0 saturated heterocycles. The molecule has 0 aromatic carbocycles. The van der Waals surface area contributed by atoms with Crippen molar-refractivity contribution in [2.75, 3.05) is 6.54 Å². The Morgan fingerprint density at radius 1 is 1.16 bits per heavy atom. The van der Waals surface area contributed by atoms with Crippen LogP contribution in [0.3, 0.4) is 0 Å². The van der Waals surface area contributed by atoms with Crippen LogP contribution in [0.2, 0.25) is 0 Å². The van der Waals surface area contributed by atoms with Gasteiger partial charge in [-0.3, -0.25) is 4.79 Å². The van der Waals surface area contributed by atoms with Gasteiger partial charge in [0.15, 0.2) is 0 Å². The summed E-state index contributed by atoms with van der Waals surface area (Å²) in [5.41, 5.74) is 0. The van der Waals surface area contributed by atoms with Crippen molar-refractivity contribution in [3.8, 4) is 0 Å². The van der Waals surface area contributed by atoms with Crippen molar-refractivity contribution in [2.45, 2.75) is 64.3 Å². The zero-order chi connectivity index (χ0) is 14.1. The van der Waals surface area contributed by atoms with Crippen molar-refractivity contribution in [1.29, 1.82) is 0 Å². The standard InChI is InChI=1S/C14H26N2O3/c1-11-7-4-5-8-12(11)16-14(19)15-10-6-2-3-9-13(17)18/h11-12H,2-10H2,1H3,(H,17,18)(H2,15,16,19). The van der Waals surface area contributed by atoms with Crippen LogP contribution in [0.1, 0.15) is 58.3 Å². The van der Waals surface area contributed by atoms with E-state index in [1.54, 1.807) is 0 Å². The molecule has 1 saturated carbocycles. The molecule has 2 unspecified atom stereocenters. The Bertz CT molecular complexity index is 294. The molecule has 0 aromatic rings. The molecular weight excluding hydrogens is 244 g/mol. The molecular formula is C14H26N2O3. The molecule has 5 nitrogen and oxygen atoms in total. The second-order valence-corrected chi connectivity index (χ2v) is 5.47. The first-order valence-electron chi connectivity index (χ1n) is 7.35. The summed E-state index contributed by atoms with van der Waals surface area (Å²) in [5, 5.41) is 14.4. The minimum Gasteiger partial charge on any atom is -0.481 e. The lowest BCUT2D eigenvalue weighted by Gasteiger charge is -2.29. The third-order valence-corrected chi connectivity index (χ3v) is 3.78. The van der Waals surface area contributed by atoms with Crippen molar-refractivity contribution in [2.24, 2.45) is 5.92 Å². The maximum absolute atomic E-state index is 11.7. The third-order valence-electron chi connectivity index (χ3n) is 3.78. The first kappa shape index (κ1) is 15.8. The van der Waals surface area contributed by atoms with E-state index in [0.717, 1.165) is 19.3 Å². The van der Waals surface area contributed by atoms with Crippen LogP contribution in [-0.2, 0) is 4.79 Å². The van der Waals surface area contributed by atoms with Crippen molar-refractivity contribution in [1.82, 2.24) is 10.6 Å². The predicted octanol–water partition coefficient (Wildman–Crippen LogP) is 2.51. The Labute approximate surface area is 115 Å². The van der Waals surface area contributed by atoms with Gasteiger partial charge < -0.3 is 15.7 Å². The molecule has 0 aromatic heterocycles. The molecule has 1 rings (SSSR count). The summed E-state index contributed by atoms with van der Waals surface area (Å²) in [6.07, 6.45) is 7.31. The Kier molecular flexibility index (Phi) is 7.30. The number of amides is 2. The first-order chi connectivity index (χ1) is 9.09. The Morgan fingerprint density at radius 2 is 1.89 bits per heavy atom. The Hall–Kier alpha value is -1.26. The van der Waals surface area contributed by atoms with Gasteiger partial charge in [-0.1, -0.05) is 26.2 Å². The molecule has 0 bridgehead atoms. The van der Waals surface area contributed by atoms with Gasteiger partial charge in [0.05, 0.1) is 0 Å². The van der Waals surface area contributed by atoms with Gasteiger partial charge in [-0.25, -0.2) is 4.79 Å². The first-order valence-corrected chi connectivity index (χ1v) is 7.35. The highest BCUT2D eigenvalue weighted by Crippen LogP contribution is 2.23. The normalized spacial score (nSPS) is 22.8. The van der Waals surface area contributed by atoms with Gasteiger partial charge in [0.2, 0.25) is 0 Å². The van der Waals surface area contributed by atoms with Crippen molar-refractivity contribution in [3.63, 3.8) is 0 Å². The number of rotatable bonds is 7. The van der Waals surface area contributed by atoms with E-state index in [4.69, 9.17) is 5.11 Å². The van der Waals surface area contributed by atoms with Gasteiger partial charge in [0, 0.05) is 19.0 Å². The monoisotopic (exact) mass is 270 g/mol. The second kappa shape index (κ2) is 8.77. The molecule has 3 N–H and O–H groups in total. The van der Waals surface area contributed by atoms with Crippen LogP contribution in [0, 0.1) is 5.92 Å². The lowest BCUT2D eigenvalue weighted by Crippen LogP contribution is -2.46. The number of carbonyl (C=O) groups excluding carboxylic acids is 1. The highest BCUT2D eigenvalue weighted by molar-refractivity contribution is 5.74. The van der Waals surface area contributed by atoms with Crippen molar-refractivity contribution in [3.05, 3.63) is 0 Å². The number of carboxylic acid groups (broad SMARTS) is 1. The van der Waals surface area contributed by atoms with E-state index in [9.17, 15) is 9.59 Å². The summed E-state index contributed by atoms with van der Waals surface area (Å²) in [6, 6.07) is 0.220. The van der Waals surface area contributed by atoms with Crippen LogP contribution in [0.5, 0.6) is 0 Å². The molecule has 2 amide bonds. The molecule has 19 heavy (non-hydrogen) atoms. The van der Waals surface area contributed by atoms with Gasteiger partial charge in [-0.15, -0.1) is 0 Å². The molecule has 5 heteroatoms. The van der Waals surface area contributed by atoms with Crippen molar-refractivity contribution < 1.29 is 14.7 Å². The summed E-state index contributed by atoms with van der Waals surface area (Å²) >= 11 is 0. The van der Waals surface area contributed by atoms with Crippen LogP contribution in [0.25, 0.3) is 0 Å². The largest absolute Gasteiger partial charge is 0.481 e.